The quantitative estimate of drug-likeness (QED) is 0.484. The van der Waals surface area contributed by atoms with Gasteiger partial charge in [0, 0.05) is 0 Å². The van der Waals surface area contributed by atoms with E-state index in [1.165, 1.54) is 8.94 Å². The van der Waals surface area contributed by atoms with Crippen LogP contribution in [-0.2, 0) is 0 Å². The summed E-state index contributed by atoms with van der Waals surface area (Å²) in [7, 11) is 0. The van der Waals surface area contributed by atoms with Crippen LogP contribution in [0, 0.1) is 0 Å². The van der Waals surface area contributed by atoms with Crippen LogP contribution in [0.25, 0.3) is 0 Å². The Kier molecular flexibility index (Phi) is 12.1. The molecule has 0 unspecified atom stereocenters. The van der Waals surface area contributed by atoms with Crippen molar-refractivity contribution >= 4 is 34.1 Å². The second-order valence-corrected chi connectivity index (χ2v) is 14.5. The van der Waals surface area contributed by atoms with Crippen LogP contribution < -0.4 is 0 Å². The van der Waals surface area contributed by atoms with Crippen molar-refractivity contribution in [3.05, 3.63) is 0 Å². The Labute approximate surface area is 78.7 Å². The average Bonchev–Trinajstić information content (AvgIpc) is 1.97. The molecule has 0 amide bonds. The topological polar surface area (TPSA) is 40.5 Å². The third kappa shape index (κ3) is 9.50. The molecule has 10 heavy (non-hydrogen) atoms. The molecule has 0 saturated carbocycles. The van der Waals surface area contributed by atoms with E-state index in [9.17, 15) is 0 Å². The zero-order chi connectivity index (χ0) is 7.66. The normalized spacial score (nSPS) is 10.2. The molecule has 0 aromatic heterocycles. The molecule has 0 radical (unpaired) electrons. The molecule has 62 valence electrons. The molecule has 0 aliphatic carbocycles. The molecule has 0 bridgehead atoms. The van der Waals surface area contributed by atoms with E-state index in [1.54, 1.807) is 0 Å². The van der Waals surface area contributed by atoms with Gasteiger partial charge in [0.2, 0.25) is 0 Å². The van der Waals surface area contributed by atoms with Gasteiger partial charge in [-0.15, -0.1) is 0 Å². The van der Waals surface area contributed by atoms with Crippen molar-refractivity contribution in [2.24, 2.45) is 0 Å². The monoisotopic (exact) mass is 378 g/mol. The molecule has 4 heteroatoms. The van der Waals surface area contributed by atoms with Gasteiger partial charge in [0.05, 0.1) is 0 Å². The fourth-order valence-electron chi connectivity index (χ4n) is 0.365. The molecule has 0 aliphatic heterocycles. The Morgan fingerprint density at radius 3 is 1.50 bits per heavy atom. The van der Waals surface area contributed by atoms with Crippen LogP contribution in [0.1, 0.15) is 12.8 Å². The van der Waals surface area contributed by atoms with Gasteiger partial charge in [-0.05, 0) is 0 Å². The predicted molar refractivity (Wildman–Crippen MR) is 44.5 cm³/mol. The molecule has 0 aliphatic rings. The summed E-state index contributed by atoms with van der Waals surface area (Å²) in [5.74, 6) is 0. The number of aliphatic hydroxyl groups excluding tert-OH is 2. The van der Waals surface area contributed by atoms with E-state index in [1.807, 2.05) is 0 Å². The SMILES string of the molecule is OCCC[Te][Te]CCCO. The van der Waals surface area contributed by atoms with Crippen molar-refractivity contribution < 1.29 is 10.2 Å². The predicted octanol–water partition coefficient (Wildman–Crippen LogP) is -0.0888. The molecule has 2 nitrogen and oxygen atoms in total. The first-order valence-corrected chi connectivity index (χ1v) is 14.0. The summed E-state index contributed by atoms with van der Waals surface area (Å²) < 4.78 is 2.63. The van der Waals surface area contributed by atoms with E-state index in [-0.39, 0.29) is 0 Å². The van der Waals surface area contributed by atoms with E-state index in [0.29, 0.717) is 47.3 Å². The average molecular weight is 373 g/mol. The fourth-order valence-corrected chi connectivity index (χ4v) is 11.5. The van der Waals surface area contributed by atoms with Crippen LogP contribution in [0.5, 0.6) is 0 Å². The van der Waals surface area contributed by atoms with Crippen LogP contribution in [-0.4, -0.2) is 57.5 Å². The Bertz CT molecular complexity index is 53.7. The van der Waals surface area contributed by atoms with Gasteiger partial charge in [-0.2, -0.15) is 0 Å². The summed E-state index contributed by atoms with van der Waals surface area (Å²) in [4.78, 5) is 0. The van der Waals surface area contributed by atoms with Crippen LogP contribution >= 0.6 is 0 Å². The summed E-state index contributed by atoms with van der Waals surface area (Å²) in [5, 5.41) is 16.9. The fraction of sp³-hybridized carbons (Fsp3) is 1.00. The minimum absolute atomic E-state index is 0.308. The first-order chi connectivity index (χ1) is 4.91. The number of rotatable bonds is 7. The Hall–Kier alpha value is 1.50. The molecule has 0 spiro atoms. The van der Waals surface area contributed by atoms with E-state index >= 15 is 0 Å². The van der Waals surface area contributed by atoms with Crippen LogP contribution in [0.4, 0.5) is 0 Å². The van der Waals surface area contributed by atoms with Crippen molar-refractivity contribution in [1.29, 1.82) is 0 Å². The Balaban J connectivity index is 2.65. The summed E-state index contributed by atoms with van der Waals surface area (Å²) in [5.41, 5.74) is 0. The molecule has 0 aromatic rings. The van der Waals surface area contributed by atoms with Crippen molar-refractivity contribution in [2.45, 2.75) is 21.8 Å². The first-order valence-electron chi connectivity index (χ1n) is 3.38. The summed E-state index contributed by atoms with van der Waals surface area (Å²) in [6, 6.07) is 0. The number of hydrogen-bond donors (Lipinski definition) is 2. The summed E-state index contributed by atoms with van der Waals surface area (Å²) >= 11 is 0.617. The van der Waals surface area contributed by atoms with Gasteiger partial charge in [0.1, 0.15) is 0 Å². The van der Waals surface area contributed by atoms with Gasteiger partial charge >= 0.3 is 79.3 Å². The summed E-state index contributed by atoms with van der Waals surface area (Å²) in [6.07, 6.45) is 2.04. The van der Waals surface area contributed by atoms with E-state index < -0.39 is 0 Å². The minimum atomic E-state index is 0.308. The molecule has 0 aromatic carbocycles. The zero-order valence-electron chi connectivity index (χ0n) is 5.95. The molecule has 2 N–H and O–H groups in total. The van der Waals surface area contributed by atoms with Crippen molar-refractivity contribution in [1.82, 2.24) is 0 Å². The molecule has 0 atom stereocenters. The second kappa shape index (κ2) is 10.5. The van der Waals surface area contributed by atoms with Crippen LogP contribution in [0.2, 0.25) is 8.94 Å². The third-order valence-electron chi connectivity index (χ3n) is 0.855. The van der Waals surface area contributed by atoms with E-state index in [2.05, 4.69) is 0 Å². The van der Waals surface area contributed by atoms with Crippen LogP contribution in [0.3, 0.4) is 0 Å². The van der Waals surface area contributed by atoms with E-state index in [4.69, 9.17) is 10.2 Å². The molecular weight excluding hydrogens is 359 g/mol. The maximum atomic E-state index is 8.46. The van der Waals surface area contributed by atoms with E-state index in [0.717, 1.165) is 12.8 Å². The Morgan fingerprint density at radius 1 is 0.800 bits per heavy atom. The molecule has 0 saturated heterocycles. The zero-order valence-corrected chi connectivity index (χ0v) is 10.6. The maximum absolute atomic E-state index is 8.46. The number of hydrogen-bond acceptors (Lipinski definition) is 2. The van der Waals surface area contributed by atoms with Gasteiger partial charge in [0.25, 0.3) is 0 Å². The molecular formula is C6H14O2Te2. The van der Waals surface area contributed by atoms with Crippen LogP contribution in [0.15, 0.2) is 0 Å². The molecule has 0 rings (SSSR count). The molecule has 0 heterocycles. The number of aliphatic hydroxyl groups is 2. The van der Waals surface area contributed by atoms with Gasteiger partial charge in [-0.1, -0.05) is 0 Å². The van der Waals surface area contributed by atoms with Gasteiger partial charge < -0.3 is 0 Å². The molecule has 0 fully saturated rings. The van der Waals surface area contributed by atoms with Crippen molar-refractivity contribution in [2.75, 3.05) is 13.2 Å². The first kappa shape index (κ1) is 11.5. The second-order valence-electron chi connectivity index (χ2n) is 1.80. The van der Waals surface area contributed by atoms with Crippen molar-refractivity contribution in [3.8, 4) is 0 Å². The summed E-state index contributed by atoms with van der Waals surface area (Å²) in [6.45, 7) is 0.745. The van der Waals surface area contributed by atoms with Gasteiger partial charge in [0.15, 0.2) is 0 Å². The standard InChI is InChI=1S/C6H14O2Te2/c7-3-1-5-9-10-6-2-4-8/h7-8H,1-6H2. The third-order valence-corrected chi connectivity index (χ3v) is 13.5. The van der Waals surface area contributed by atoms with Gasteiger partial charge in [-0.25, -0.2) is 0 Å². The Morgan fingerprint density at radius 2 is 1.20 bits per heavy atom. The van der Waals surface area contributed by atoms with Crippen molar-refractivity contribution in [3.63, 3.8) is 0 Å². The van der Waals surface area contributed by atoms with Gasteiger partial charge in [-0.3, -0.25) is 0 Å².